The third-order valence-electron chi connectivity index (χ3n) is 5.23. The molecule has 0 spiro atoms. The lowest BCUT2D eigenvalue weighted by Gasteiger charge is -2.30. The molecule has 0 radical (unpaired) electrons. The van der Waals surface area contributed by atoms with Crippen LogP contribution < -0.4 is 10.5 Å². The first-order valence-electron chi connectivity index (χ1n) is 10.2. The topological polar surface area (TPSA) is 99.2 Å². The molecule has 9 heteroatoms. The quantitative estimate of drug-likeness (QED) is 0.617. The fourth-order valence-corrected chi connectivity index (χ4v) is 3.62. The van der Waals surface area contributed by atoms with E-state index in [1.165, 1.54) is 0 Å². The Morgan fingerprint density at radius 3 is 2.72 bits per heavy atom. The minimum absolute atomic E-state index is 0.280. The molecule has 0 atom stereocenters. The number of ether oxygens (including phenoxy) is 1. The van der Waals surface area contributed by atoms with Crippen LogP contribution in [0.5, 0.6) is 5.75 Å². The summed E-state index contributed by atoms with van der Waals surface area (Å²) >= 11 is 5.85. The van der Waals surface area contributed by atoms with Crippen LogP contribution in [0.25, 0.3) is 11.2 Å². The number of nitrogens with two attached hydrogens (primary N) is 1. The van der Waals surface area contributed by atoms with Crippen LogP contribution in [0.3, 0.4) is 0 Å². The van der Waals surface area contributed by atoms with Crippen molar-refractivity contribution in [3.8, 4) is 29.9 Å². The largest absolute Gasteiger partial charge is 0.415 e. The average Bonchev–Trinajstić information content (AvgIpc) is 3.19. The second kappa shape index (κ2) is 9.59. The first-order valence-corrected chi connectivity index (χ1v) is 10.5. The molecule has 4 rings (SSSR count). The molecule has 0 bridgehead atoms. The Bertz CT molecular complexity index is 1230. The van der Waals surface area contributed by atoms with Gasteiger partial charge in [-0.25, -0.2) is 19.7 Å². The number of rotatable bonds is 3. The van der Waals surface area contributed by atoms with E-state index in [0.29, 0.717) is 59.7 Å². The highest BCUT2D eigenvalue weighted by Crippen LogP contribution is 2.22. The van der Waals surface area contributed by atoms with E-state index in [1.54, 1.807) is 40.1 Å². The van der Waals surface area contributed by atoms with Gasteiger partial charge in [0.2, 0.25) is 5.82 Å². The van der Waals surface area contributed by atoms with Crippen LogP contribution in [0.15, 0.2) is 30.6 Å². The molecule has 1 aliphatic rings. The van der Waals surface area contributed by atoms with Crippen LogP contribution in [0.2, 0.25) is 5.02 Å². The minimum Gasteiger partial charge on any atom is -0.410 e. The Morgan fingerprint density at radius 1 is 1.25 bits per heavy atom. The first kappa shape index (κ1) is 21.5. The number of carbonyl (C=O) groups excluding carboxylic acids is 1. The molecule has 3 aromatic rings. The number of amides is 1. The lowest BCUT2D eigenvalue weighted by atomic mass is 9.94. The van der Waals surface area contributed by atoms with Gasteiger partial charge in [0, 0.05) is 24.5 Å². The summed E-state index contributed by atoms with van der Waals surface area (Å²) in [5.74, 6) is 10.2. The van der Waals surface area contributed by atoms with Crippen molar-refractivity contribution in [3.05, 3.63) is 41.4 Å². The van der Waals surface area contributed by atoms with E-state index in [0.717, 1.165) is 12.8 Å². The third-order valence-corrected chi connectivity index (χ3v) is 5.49. The molecule has 8 nitrogen and oxygen atoms in total. The zero-order chi connectivity index (χ0) is 22.5. The molecule has 0 aliphatic carbocycles. The van der Waals surface area contributed by atoms with Crippen LogP contribution in [0, 0.1) is 30.1 Å². The number of terminal acetylenes is 1. The van der Waals surface area contributed by atoms with Gasteiger partial charge in [-0.05, 0) is 48.9 Å². The van der Waals surface area contributed by atoms with Gasteiger partial charge in [0.05, 0.1) is 12.9 Å². The van der Waals surface area contributed by atoms with Crippen LogP contribution in [-0.4, -0.2) is 43.6 Å². The Balaban J connectivity index is 1.32. The van der Waals surface area contributed by atoms with Crippen molar-refractivity contribution in [2.45, 2.75) is 25.8 Å². The van der Waals surface area contributed by atoms with Gasteiger partial charge in [-0.3, -0.25) is 0 Å². The van der Waals surface area contributed by atoms with Crippen molar-refractivity contribution in [2.75, 3.05) is 18.8 Å². The number of hydrogen-bond donors (Lipinski definition) is 1. The summed E-state index contributed by atoms with van der Waals surface area (Å²) in [6.45, 7) is 1.59. The van der Waals surface area contributed by atoms with Crippen molar-refractivity contribution >= 4 is 34.7 Å². The molecule has 1 aromatic carbocycles. The van der Waals surface area contributed by atoms with Gasteiger partial charge in [0.15, 0.2) is 11.5 Å². The molecule has 1 saturated heterocycles. The molecule has 162 valence electrons. The Kier molecular flexibility index (Phi) is 6.44. The van der Waals surface area contributed by atoms with Crippen molar-refractivity contribution in [1.82, 2.24) is 24.4 Å². The maximum atomic E-state index is 12.3. The summed E-state index contributed by atoms with van der Waals surface area (Å²) in [5.41, 5.74) is 7.08. The monoisotopic (exact) mass is 448 g/mol. The molecule has 1 aliphatic heterocycles. The Hall–Kier alpha value is -3.75. The molecule has 1 fully saturated rings. The highest BCUT2D eigenvalue weighted by molar-refractivity contribution is 6.30. The average molecular weight is 449 g/mol. The Morgan fingerprint density at radius 2 is 2.00 bits per heavy atom. The second-order valence-electron chi connectivity index (χ2n) is 7.44. The fourth-order valence-electron chi connectivity index (χ4n) is 3.50. The summed E-state index contributed by atoms with van der Waals surface area (Å²) in [4.78, 5) is 26.9. The number of carbonyl (C=O) groups is 1. The second-order valence-corrected chi connectivity index (χ2v) is 7.88. The summed E-state index contributed by atoms with van der Waals surface area (Å²) in [7, 11) is 0. The molecule has 3 heterocycles. The summed E-state index contributed by atoms with van der Waals surface area (Å²) in [6.07, 6.45) is 9.01. The standard InChI is InChI=1S/C23H21ClN6O2/c1-2-12-30-15-26-20-21(25)27-19(28-22(20)30)5-3-4-16-10-13-29(14-11-16)23(31)32-18-8-6-17(24)7-9-18/h1,6-9,15-16H,4,10-14H2,(H2,25,27,28). The van der Waals surface area contributed by atoms with Gasteiger partial charge in [-0.2, -0.15) is 0 Å². The normalized spacial score (nSPS) is 13.9. The number of likely N-dealkylation sites (tertiary alicyclic amines) is 1. The van der Waals surface area contributed by atoms with Crippen LogP contribution in [-0.2, 0) is 6.54 Å². The number of anilines is 1. The number of imidazole rings is 1. The van der Waals surface area contributed by atoms with E-state index >= 15 is 0 Å². The number of benzene rings is 1. The van der Waals surface area contributed by atoms with Gasteiger partial charge in [-0.1, -0.05) is 23.4 Å². The van der Waals surface area contributed by atoms with Crippen molar-refractivity contribution < 1.29 is 9.53 Å². The Labute approximate surface area is 190 Å². The molecule has 0 unspecified atom stereocenters. The maximum Gasteiger partial charge on any atom is 0.415 e. The predicted molar refractivity (Wildman–Crippen MR) is 122 cm³/mol. The van der Waals surface area contributed by atoms with Crippen molar-refractivity contribution in [2.24, 2.45) is 5.92 Å². The summed E-state index contributed by atoms with van der Waals surface area (Å²) < 4.78 is 7.14. The number of nitrogen functional groups attached to an aromatic ring is 1. The number of halogens is 1. The fraction of sp³-hybridized carbons (Fsp3) is 0.304. The lowest BCUT2D eigenvalue weighted by molar-refractivity contribution is 0.131. The molecule has 0 saturated carbocycles. The highest BCUT2D eigenvalue weighted by Gasteiger charge is 2.23. The SMILES string of the molecule is C#CCn1cnc2c(N)nc(C#CCC3CCN(C(=O)Oc4ccc(Cl)cc4)CC3)nc21. The van der Waals surface area contributed by atoms with Gasteiger partial charge in [0.1, 0.15) is 11.3 Å². The van der Waals surface area contributed by atoms with E-state index < -0.39 is 0 Å². The van der Waals surface area contributed by atoms with Gasteiger partial charge < -0.3 is 19.9 Å². The van der Waals surface area contributed by atoms with E-state index in [1.807, 2.05) is 0 Å². The van der Waals surface area contributed by atoms with Gasteiger partial charge >= 0.3 is 6.09 Å². The van der Waals surface area contributed by atoms with Crippen LogP contribution in [0.1, 0.15) is 25.1 Å². The van der Waals surface area contributed by atoms with E-state index in [9.17, 15) is 4.79 Å². The molecule has 1 amide bonds. The number of aromatic nitrogens is 4. The summed E-state index contributed by atoms with van der Waals surface area (Å²) in [5, 5.41) is 0.595. The lowest BCUT2D eigenvalue weighted by Crippen LogP contribution is -2.40. The molecule has 2 aromatic heterocycles. The minimum atomic E-state index is -0.349. The number of fused-ring (bicyclic) bond motifs is 1. The van der Waals surface area contributed by atoms with E-state index in [-0.39, 0.29) is 11.9 Å². The number of piperidine rings is 1. The number of hydrogen-bond acceptors (Lipinski definition) is 6. The zero-order valence-corrected chi connectivity index (χ0v) is 18.0. The van der Waals surface area contributed by atoms with E-state index in [2.05, 4.69) is 32.7 Å². The maximum absolute atomic E-state index is 12.3. The smallest absolute Gasteiger partial charge is 0.410 e. The van der Waals surface area contributed by atoms with Crippen molar-refractivity contribution in [3.63, 3.8) is 0 Å². The van der Waals surface area contributed by atoms with Gasteiger partial charge in [0.25, 0.3) is 0 Å². The van der Waals surface area contributed by atoms with E-state index in [4.69, 9.17) is 28.5 Å². The van der Waals surface area contributed by atoms with Crippen LogP contribution in [0.4, 0.5) is 10.6 Å². The van der Waals surface area contributed by atoms with Gasteiger partial charge in [-0.15, -0.1) is 6.42 Å². The highest BCUT2D eigenvalue weighted by atomic mass is 35.5. The number of nitrogens with zero attached hydrogens (tertiary/aromatic N) is 5. The van der Waals surface area contributed by atoms with Crippen LogP contribution >= 0.6 is 11.6 Å². The molecule has 32 heavy (non-hydrogen) atoms. The molecular weight excluding hydrogens is 428 g/mol. The zero-order valence-electron chi connectivity index (χ0n) is 17.3. The van der Waals surface area contributed by atoms with Crippen molar-refractivity contribution in [1.29, 1.82) is 0 Å². The molecule has 2 N–H and O–H groups in total. The third kappa shape index (κ3) is 4.93. The molecular formula is C23H21ClN6O2. The first-order chi connectivity index (χ1) is 15.5. The summed E-state index contributed by atoms with van der Waals surface area (Å²) in [6, 6.07) is 6.72. The predicted octanol–water partition coefficient (Wildman–Crippen LogP) is 3.35.